The van der Waals surface area contributed by atoms with Crippen molar-refractivity contribution in [1.29, 1.82) is 0 Å². The van der Waals surface area contributed by atoms with Gasteiger partial charge < -0.3 is 9.53 Å². The summed E-state index contributed by atoms with van der Waals surface area (Å²) in [6.45, 7) is 2.23. The fourth-order valence-corrected chi connectivity index (χ4v) is 1.59. The minimum atomic E-state index is 0.152. The largest absolute Gasteiger partial charge is 0.381 e. The molecule has 0 saturated carbocycles. The Kier molecular flexibility index (Phi) is 10.4. The van der Waals surface area contributed by atoms with Crippen LogP contribution in [0.5, 0.6) is 0 Å². The molecule has 0 rings (SSSR count). The number of methoxy groups -OCH3 is 1. The summed E-state index contributed by atoms with van der Waals surface area (Å²) < 4.78 is 5.19. The number of carbonyl (C=O) groups is 1. The minimum Gasteiger partial charge on any atom is -0.381 e. The van der Waals surface area contributed by atoms with E-state index in [4.69, 9.17) is 4.74 Å². The molecule has 0 aliphatic rings. The average Bonchev–Trinajstić information content (AvgIpc) is 2.21. The standard InChI is InChI=1S/C12H24O2/c1-3-4-5-6-7-8-9-12(14-2)10-11-13/h11-12H,3-10H2,1-2H3. The minimum absolute atomic E-state index is 0.152. The maximum absolute atomic E-state index is 10.3. The first-order chi connectivity index (χ1) is 6.85. The second kappa shape index (κ2) is 10.7. The Labute approximate surface area is 88.0 Å². The van der Waals surface area contributed by atoms with Crippen LogP contribution in [0.15, 0.2) is 0 Å². The highest BCUT2D eigenvalue weighted by atomic mass is 16.5. The maximum atomic E-state index is 10.3. The number of ether oxygens (including phenoxy) is 1. The highest BCUT2D eigenvalue weighted by Crippen LogP contribution is 2.11. The van der Waals surface area contributed by atoms with E-state index >= 15 is 0 Å². The van der Waals surface area contributed by atoms with Crippen LogP contribution in [-0.4, -0.2) is 19.5 Å². The SMILES string of the molecule is CCCCCCCCC(CC=O)OC. The zero-order valence-electron chi connectivity index (χ0n) is 9.63. The predicted molar refractivity (Wildman–Crippen MR) is 59.5 cm³/mol. The summed E-state index contributed by atoms with van der Waals surface area (Å²) in [5.74, 6) is 0. The number of unbranched alkanes of at least 4 members (excludes halogenated alkanes) is 5. The van der Waals surface area contributed by atoms with Crippen LogP contribution >= 0.6 is 0 Å². The van der Waals surface area contributed by atoms with E-state index in [-0.39, 0.29) is 6.10 Å². The molecule has 84 valence electrons. The lowest BCUT2D eigenvalue weighted by Crippen LogP contribution is -2.10. The molecule has 0 fully saturated rings. The lowest BCUT2D eigenvalue weighted by molar-refractivity contribution is -0.110. The van der Waals surface area contributed by atoms with Crippen molar-refractivity contribution >= 4 is 6.29 Å². The first-order valence-corrected chi connectivity index (χ1v) is 5.81. The second-order valence-electron chi connectivity index (χ2n) is 3.82. The van der Waals surface area contributed by atoms with Crippen LogP contribution < -0.4 is 0 Å². The van der Waals surface area contributed by atoms with E-state index in [9.17, 15) is 4.79 Å². The molecule has 0 aromatic heterocycles. The van der Waals surface area contributed by atoms with Crippen molar-refractivity contribution in [1.82, 2.24) is 0 Å². The first-order valence-electron chi connectivity index (χ1n) is 5.81. The Balaban J connectivity index is 3.19. The summed E-state index contributed by atoms with van der Waals surface area (Å²) in [6.07, 6.45) is 10.5. The molecule has 0 aliphatic heterocycles. The van der Waals surface area contributed by atoms with Crippen molar-refractivity contribution in [3.8, 4) is 0 Å². The van der Waals surface area contributed by atoms with Crippen LogP contribution in [0.1, 0.15) is 58.3 Å². The van der Waals surface area contributed by atoms with Crippen LogP contribution in [0.4, 0.5) is 0 Å². The third-order valence-corrected chi connectivity index (χ3v) is 2.57. The molecule has 2 nitrogen and oxygen atoms in total. The van der Waals surface area contributed by atoms with Crippen molar-refractivity contribution in [3.63, 3.8) is 0 Å². The van der Waals surface area contributed by atoms with Gasteiger partial charge in [-0.3, -0.25) is 0 Å². The quantitative estimate of drug-likeness (QED) is 0.399. The molecular formula is C12H24O2. The summed E-state index contributed by atoms with van der Waals surface area (Å²) in [6, 6.07) is 0. The lowest BCUT2D eigenvalue weighted by Gasteiger charge is -2.11. The molecule has 0 spiro atoms. The molecule has 0 radical (unpaired) electrons. The fourth-order valence-electron chi connectivity index (χ4n) is 1.59. The summed E-state index contributed by atoms with van der Waals surface area (Å²) in [5.41, 5.74) is 0. The monoisotopic (exact) mass is 200 g/mol. The Hall–Kier alpha value is -0.370. The van der Waals surface area contributed by atoms with Gasteiger partial charge in [0.1, 0.15) is 6.29 Å². The molecule has 0 saturated heterocycles. The normalized spacial score (nSPS) is 12.7. The van der Waals surface area contributed by atoms with Gasteiger partial charge in [-0.05, 0) is 6.42 Å². The van der Waals surface area contributed by atoms with Gasteiger partial charge in [0.2, 0.25) is 0 Å². The highest BCUT2D eigenvalue weighted by Gasteiger charge is 2.05. The van der Waals surface area contributed by atoms with Gasteiger partial charge in [0.25, 0.3) is 0 Å². The molecule has 0 bridgehead atoms. The van der Waals surface area contributed by atoms with Crippen molar-refractivity contribution in [2.45, 2.75) is 64.4 Å². The van der Waals surface area contributed by atoms with E-state index in [0.29, 0.717) is 6.42 Å². The third kappa shape index (κ3) is 8.24. The summed E-state index contributed by atoms with van der Waals surface area (Å²) >= 11 is 0. The lowest BCUT2D eigenvalue weighted by atomic mass is 10.1. The zero-order valence-corrected chi connectivity index (χ0v) is 9.63. The number of rotatable bonds is 10. The van der Waals surface area contributed by atoms with E-state index in [1.807, 2.05) is 0 Å². The van der Waals surface area contributed by atoms with Crippen molar-refractivity contribution in [2.75, 3.05) is 7.11 Å². The smallest absolute Gasteiger partial charge is 0.122 e. The Morgan fingerprint density at radius 1 is 1.14 bits per heavy atom. The van der Waals surface area contributed by atoms with Crippen molar-refractivity contribution in [2.24, 2.45) is 0 Å². The molecule has 0 aromatic rings. The number of hydrogen-bond acceptors (Lipinski definition) is 2. The van der Waals surface area contributed by atoms with Gasteiger partial charge in [0, 0.05) is 13.5 Å². The van der Waals surface area contributed by atoms with E-state index in [0.717, 1.165) is 12.7 Å². The summed E-state index contributed by atoms with van der Waals surface area (Å²) in [5, 5.41) is 0. The highest BCUT2D eigenvalue weighted by molar-refractivity contribution is 5.50. The Bertz CT molecular complexity index is 123. The summed E-state index contributed by atoms with van der Waals surface area (Å²) in [4.78, 5) is 10.3. The van der Waals surface area contributed by atoms with E-state index in [1.54, 1.807) is 7.11 Å². The van der Waals surface area contributed by atoms with Crippen LogP contribution in [0.2, 0.25) is 0 Å². The molecular weight excluding hydrogens is 176 g/mol. The molecule has 2 heteroatoms. The van der Waals surface area contributed by atoms with Gasteiger partial charge in [0.05, 0.1) is 6.10 Å². The van der Waals surface area contributed by atoms with Crippen LogP contribution in [-0.2, 0) is 9.53 Å². The summed E-state index contributed by atoms with van der Waals surface area (Å²) in [7, 11) is 1.69. The van der Waals surface area contributed by atoms with E-state index < -0.39 is 0 Å². The van der Waals surface area contributed by atoms with Crippen molar-refractivity contribution < 1.29 is 9.53 Å². The maximum Gasteiger partial charge on any atom is 0.122 e. The second-order valence-corrected chi connectivity index (χ2v) is 3.82. The van der Waals surface area contributed by atoms with Gasteiger partial charge in [-0.1, -0.05) is 45.4 Å². The third-order valence-electron chi connectivity index (χ3n) is 2.57. The molecule has 0 N–H and O–H groups in total. The number of aldehydes is 1. The molecule has 0 aliphatic carbocycles. The Morgan fingerprint density at radius 3 is 2.36 bits per heavy atom. The molecule has 0 amide bonds. The molecule has 0 aromatic carbocycles. The molecule has 0 heterocycles. The Morgan fingerprint density at radius 2 is 1.79 bits per heavy atom. The zero-order chi connectivity index (χ0) is 10.6. The van der Waals surface area contributed by atoms with Crippen LogP contribution in [0, 0.1) is 0 Å². The average molecular weight is 200 g/mol. The van der Waals surface area contributed by atoms with E-state index in [2.05, 4.69) is 6.92 Å². The van der Waals surface area contributed by atoms with Gasteiger partial charge in [-0.25, -0.2) is 0 Å². The van der Waals surface area contributed by atoms with Gasteiger partial charge in [-0.2, -0.15) is 0 Å². The van der Waals surface area contributed by atoms with E-state index in [1.165, 1.54) is 38.5 Å². The predicted octanol–water partition coefficient (Wildman–Crippen LogP) is 3.34. The van der Waals surface area contributed by atoms with Crippen LogP contribution in [0.3, 0.4) is 0 Å². The number of hydrogen-bond donors (Lipinski definition) is 0. The van der Waals surface area contributed by atoms with Gasteiger partial charge in [0.15, 0.2) is 0 Å². The molecule has 14 heavy (non-hydrogen) atoms. The first kappa shape index (κ1) is 13.6. The van der Waals surface area contributed by atoms with Crippen LogP contribution in [0.25, 0.3) is 0 Å². The molecule has 1 atom stereocenters. The van der Waals surface area contributed by atoms with Gasteiger partial charge in [-0.15, -0.1) is 0 Å². The molecule has 1 unspecified atom stereocenters. The van der Waals surface area contributed by atoms with Gasteiger partial charge >= 0.3 is 0 Å². The topological polar surface area (TPSA) is 26.3 Å². The fraction of sp³-hybridized carbons (Fsp3) is 0.917. The number of carbonyl (C=O) groups excluding carboxylic acids is 1. The van der Waals surface area contributed by atoms with Crippen molar-refractivity contribution in [3.05, 3.63) is 0 Å².